The van der Waals surface area contributed by atoms with Gasteiger partial charge >= 0.3 is 0 Å². The van der Waals surface area contributed by atoms with Crippen LogP contribution in [0.3, 0.4) is 0 Å². The molecule has 0 atom stereocenters. The third-order valence-electron chi connectivity index (χ3n) is 23.1. The molecule has 15 aromatic heterocycles. The van der Waals surface area contributed by atoms with Crippen LogP contribution in [-0.2, 0) is 46.2 Å². The van der Waals surface area contributed by atoms with Gasteiger partial charge in [0.1, 0.15) is 34.9 Å². The zero-order valence-corrected chi connectivity index (χ0v) is 79.1. The minimum Gasteiger partial charge on any atom is -0.619 e. The van der Waals surface area contributed by atoms with Crippen molar-refractivity contribution in [2.75, 3.05) is 26.6 Å². The monoisotopic (exact) mass is 2030 g/mol. The lowest BCUT2D eigenvalue weighted by Gasteiger charge is -2.22. The van der Waals surface area contributed by atoms with Gasteiger partial charge in [0.25, 0.3) is 0 Å². The smallest absolute Gasteiger partial charge is 0.185 e. The first-order valence-electron chi connectivity index (χ1n) is 43.6. The molecule has 0 spiro atoms. The average Bonchev–Trinajstić information content (AvgIpc) is 1.59. The van der Waals surface area contributed by atoms with Crippen molar-refractivity contribution in [3.63, 3.8) is 0 Å². The van der Waals surface area contributed by atoms with Crippen LogP contribution in [0.1, 0.15) is 89.6 Å². The molecule has 0 radical (unpaired) electrons. The van der Waals surface area contributed by atoms with Crippen molar-refractivity contribution in [2.45, 2.75) is 91.0 Å². The zero-order chi connectivity index (χ0) is 91.5. The lowest BCUT2D eigenvalue weighted by Crippen LogP contribution is -2.25. The molecule has 22 aromatic rings. The van der Waals surface area contributed by atoms with Gasteiger partial charge in [-0.25, -0.2) is 44.3 Å². The highest BCUT2D eigenvalue weighted by Gasteiger charge is 2.23. The van der Waals surface area contributed by atoms with Crippen LogP contribution in [0.25, 0.3) is 106 Å². The summed E-state index contributed by atoms with van der Waals surface area (Å²) in [5.41, 5.74) is 25.8. The molecule has 7 aromatic carbocycles. The van der Waals surface area contributed by atoms with E-state index in [2.05, 4.69) is 243 Å². The van der Waals surface area contributed by atoms with Crippen molar-refractivity contribution in [1.82, 2.24) is 107 Å². The number of nitrogens with zero attached hydrogens (tertiary/aromatic N) is 21. The third-order valence-corrected chi connectivity index (χ3v) is 25.3. The van der Waals surface area contributed by atoms with Crippen LogP contribution in [0.5, 0.6) is 0 Å². The van der Waals surface area contributed by atoms with Crippen molar-refractivity contribution in [3.8, 4) is 45.0 Å². The Morgan fingerprint density at radius 2 is 0.881 bits per heavy atom. The highest BCUT2D eigenvalue weighted by Crippen LogP contribution is 2.37. The van der Waals surface area contributed by atoms with E-state index in [1.165, 1.54) is 55.6 Å². The number of nitrogens with one attached hydrogen (secondary N) is 7. The van der Waals surface area contributed by atoms with Crippen LogP contribution in [0.4, 0.5) is 33.5 Å². The van der Waals surface area contributed by atoms with E-state index in [9.17, 15) is 9.60 Å². The van der Waals surface area contributed by atoms with Crippen molar-refractivity contribution in [3.05, 3.63) is 367 Å². The fourth-order valence-corrected chi connectivity index (χ4v) is 17.5. The van der Waals surface area contributed by atoms with Crippen molar-refractivity contribution >= 4 is 154 Å². The van der Waals surface area contributed by atoms with E-state index < -0.39 is 0 Å². The predicted octanol–water partition coefficient (Wildman–Crippen LogP) is 22.2. The maximum atomic E-state index is 14.3. The highest BCUT2D eigenvalue weighted by atomic mass is 79.9. The van der Waals surface area contributed by atoms with Crippen LogP contribution in [-0.4, -0.2) is 107 Å². The number of H-pyrrole nitrogens is 2. The van der Waals surface area contributed by atoms with Gasteiger partial charge in [-0.1, -0.05) is 148 Å². The summed E-state index contributed by atoms with van der Waals surface area (Å²) in [5.74, 6) is 4.55. The Labute approximate surface area is 801 Å². The molecule has 1 aliphatic carbocycles. The van der Waals surface area contributed by atoms with E-state index in [-0.39, 0.29) is 5.82 Å². The molecule has 0 bridgehead atoms. The number of fused-ring (bicyclic) bond motifs is 8. The molecule has 134 heavy (non-hydrogen) atoms. The zero-order valence-electron chi connectivity index (χ0n) is 72.8. The van der Waals surface area contributed by atoms with Crippen LogP contribution in [0.15, 0.2) is 311 Å². The van der Waals surface area contributed by atoms with E-state index in [0.717, 1.165) is 188 Å². The number of halogens is 5. The molecule has 0 amide bonds. The van der Waals surface area contributed by atoms with Crippen LogP contribution in [0.2, 0.25) is 0 Å². The molecule has 0 saturated heterocycles. The predicted molar refractivity (Wildman–Crippen MR) is 537 cm³/mol. The van der Waals surface area contributed by atoms with Gasteiger partial charge in [0.2, 0.25) is 0 Å². The summed E-state index contributed by atoms with van der Waals surface area (Å²) < 4.78 is 29.5. The minimum atomic E-state index is -0.314. The van der Waals surface area contributed by atoms with Crippen LogP contribution in [0, 0.1) is 17.9 Å². The second-order valence-corrected chi connectivity index (χ2v) is 35.5. The number of aromatic nitrogens is 23. The third kappa shape index (κ3) is 19.9. The van der Waals surface area contributed by atoms with Crippen LogP contribution >= 0.6 is 63.7 Å². The van der Waals surface area contributed by atoms with E-state index in [1.807, 2.05) is 153 Å². The molecular weight excluding hydrogens is 1950 g/mol. The molecule has 23 rings (SSSR count). The van der Waals surface area contributed by atoms with Crippen molar-refractivity contribution in [2.24, 2.45) is 7.05 Å². The number of pyridine rings is 2. The molecule has 34 heteroatoms. The van der Waals surface area contributed by atoms with Crippen LogP contribution < -0.4 is 31.3 Å². The largest absolute Gasteiger partial charge is 0.619 e. The molecular formula is C100H87Br4FN28O. The summed E-state index contributed by atoms with van der Waals surface area (Å²) in [7, 11) is 2.00. The maximum absolute atomic E-state index is 14.3. The molecule has 668 valence electrons. The van der Waals surface area contributed by atoms with Gasteiger partial charge in [-0.2, -0.15) is 52.8 Å². The summed E-state index contributed by atoms with van der Waals surface area (Å²) in [5, 5.41) is 50.9. The van der Waals surface area contributed by atoms with E-state index in [4.69, 9.17) is 19.9 Å². The molecule has 0 aliphatic heterocycles. The molecule has 7 N–H and O–H groups in total. The Hall–Kier alpha value is -15.0. The average molecular weight is 2040 g/mol. The Morgan fingerprint density at radius 3 is 1.42 bits per heavy atom. The SMILES string of the molecule is Brc1cnn2c(NCc3ccc4nc[nH]c4c3)cc(C3CCCCC3)nc12.CCc1cnn2c(NCc3cccnc3)cc(-c3ccccc3)nc12.Cc1ccccc1-c1cc(NCc2ccc[n+]([O-])c2)n2ncc(Br)c2n1.Cn1cnc2cc(CNc3cc(-c4ccccc4)nc4c(Br)cnn34)ccc21.Fc1ccccc1-c1cc(NCc2ccc3nc[nH]c3c2)n2ncc(Br)c2n1. The highest BCUT2D eigenvalue weighted by molar-refractivity contribution is 9.11. The van der Waals surface area contributed by atoms with E-state index in [1.54, 1.807) is 83.0 Å². The Bertz CT molecular complexity index is 7900. The topological polar surface area (TPSA) is 326 Å². The molecule has 29 nitrogen and oxygen atoms in total. The van der Waals surface area contributed by atoms with Gasteiger partial charge in [-0.15, -0.1) is 0 Å². The minimum absolute atomic E-state index is 0.314. The molecule has 1 fully saturated rings. The Morgan fingerprint density at radius 1 is 0.425 bits per heavy atom. The summed E-state index contributed by atoms with van der Waals surface area (Å²) in [6.07, 6.45) is 28.1. The first kappa shape index (κ1) is 88.3. The number of hydrogen-bond acceptors (Lipinski definition) is 20. The first-order valence-corrected chi connectivity index (χ1v) is 46.8. The first-order chi connectivity index (χ1) is 65.6. The number of rotatable bonds is 21. The summed E-state index contributed by atoms with van der Waals surface area (Å²) in [6.45, 7) is 7.33. The Kier molecular flexibility index (Phi) is 26.6. The number of benzene rings is 7. The van der Waals surface area contributed by atoms with Gasteiger partial charge in [-0.05, 0) is 178 Å². The van der Waals surface area contributed by atoms with Gasteiger partial charge in [0.15, 0.2) is 40.6 Å². The second-order valence-electron chi connectivity index (χ2n) is 32.1. The standard InChI is InChI=1S/C21H17BrN6.C20H14BrFN6.C20H21BrN6.C20H19N5.C19H16BrN5O/c1-27-13-24-18-9-14(7-8-19(18)27)11-23-20-10-17(15-5-3-2-4-6-15)26-21-16(22)12-25-28(20)21;21-14-10-26-28-19(23-9-12-5-6-16-18(7-12)25-11-24-16)8-17(27-20(14)28)13-3-1-2-4-15(13)22;21-15-11-25-27-19(9-17(26-20(15)27)14-4-2-1-3-5-14)22-10-13-6-7-16-18(8-13)24-12-23-16;1-2-16-14-23-25-19(22-13-15-7-6-10-21-12-15)11-18(24-20(16)25)17-8-4-3-5-9-17;1-13-5-2-3-7-15(13)17-9-18(25-19(23-17)16(20)11-22-25)21-10-14-6-4-8-24(26)12-14/h2-10,12-13,23H,11H2,1H3;1-8,10-11,23H,9H2,(H,24,25);6-9,11-12,14,22H,1-5,10H2,(H,23,24);3-12,14,22H,2,13H2,1H3;2-9,11-12,21H,10H2,1H3. The number of aryl methyl sites for hydroxylation is 3. The van der Waals surface area contributed by atoms with Gasteiger partial charge in [-0.3, -0.25) is 4.98 Å². The molecule has 0 unspecified atom stereocenters. The van der Waals surface area contributed by atoms with Crippen molar-refractivity contribution < 1.29 is 9.12 Å². The number of aromatic amines is 2. The summed E-state index contributed by atoms with van der Waals surface area (Å²) >= 11 is 14.1. The fraction of sp³-hybridized carbons (Fsp3) is 0.150. The molecule has 1 saturated carbocycles. The Balaban J connectivity index is 0.000000108. The maximum Gasteiger partial charge on any atom is 0.185 e. The second kappa shape index (κ2) is 40.4. The molecule has 1 aliphatic rings. The summed E-state index contributed by atoms with van der Waals surface area (Å²) in [6, 6.07) is 71.4. The number of imidazole rings is 3. The fourth-order valence-electron chi connectivity index (χ4n) is 16.1. The van der Waals surface area contributed by atoms with Gasteiger partial charge < -0.3 is 46.3 Å². The van der Waals surface area contributed by atoms with Gasteiger partial charge in [0, 0.05) is 134 Å². The molecule has 15 heterocycles. The van der Waals surface area contributed by atoms with E-state index in [0.29, 0.717) is 49.0 Å². The number of anilines is 5. The van der Waals surface area contributed by atoms with E-state index >= 15 is 0 Å². The number of hydrogen-bond donors (Lipinski definition) is 7. The quantitative estimate of drug-likeness (QED) is 0.0260. The lowest BCUT2D eigenvalue weighted by atomic mass is 9.87. The van der Waals surface area contributed by atoms with Crippen molar-refractivity contribution in [1.29, 1.82) is 0 Å². The summed E-state index contributed by atoms with van der Waals surface area (Å²) in [4.78, 5) is 47.3. The lowest BCUT2D eigenvalue weighted by molar-refractivity contribution is -0.605. The van der Waals surface area contributed by atoms with Gasteiger partial charge in [0.05, 0.1) is 124 Å². The normalized spacial score (nSPS) is 12.1.